The first-order chi connectivity index (χ1) is 6.15. The molecule has 0 unspecified atom stereocenters. The van der Waals surface area contributed by atoms with Gasteiger partial charge < -0.3 is 16.8 Å². The molecule has 0 saturated carbocycles. The van der Waals surface area contributed by atoms with Crippen LogP contribution in [0.3, 0.4) is 0 Å². The summed E-state index contributed by atoms with van der Waals surface area (Å²) in [5.74, 6) is -0.463. The summed E-state index contributed by atoms with van der Waals surface area (Å²) in [6, 6.07) is 4.97. The van der Waals surface area contributed by atoms with Gasteiger partial charge in [0.25, 0.3) is 0 Å². The van der Waals surface area contributed by atoms with Crippen molar-refractivity contribution in [1.29, 1.82) is 0 Å². The predicted molar refractivity (Wildman–Crippen MR) is 53.5 cm³/mol. The van der Waals surface area contributed by atoms with E-state index in [4.69, 9.17) is 11.5 Å². The standard InChI is InChI=1S/C9H13N3O/c1-2-12-8-4-3-6(9(11)13)5-7(8)10/h3-5,12H,2,10H2,1H3,(H2,11,13). The van der Waals surface area contributed by atoms with Crippen molar-refractivity contribution < 1.29 is 4.79 Å². The molecule has 13 heavy (non-hydrogen) atoms. The van der Waals surface area contributed by atoms with E-state index in [9.17, 15) is 4.79 Å². The molecule has 1 rings (SSSR count). The number of hydrogen-bond acceptors (Lipinski definition) is 3. The highest BCUT2D eigenvalue weighted by Gasteiger charge is 2.03. The van der Waals surface area contributed by atoms with Gasteiger partial charge in [-0.25, -0.2) is 0 Å². The normalized spacial score (nSPS) is 9.62. The number of rotatable bonds is 3. The van der Waals surface area contributed by atoms with E-state index in [-0.39, 0.29) is 0 Å². The molecule has 0 radical (unpaired) electrons. The van der Waals surface area contributed by atoms with Crippen LogP contribution in [0.25, 0.3) is 0 Å². The Bertz CT molecular complexity index is 323. The first-order valence-corrected chi connectivity index (χ1v) is 4.08. The van der Waals surface area contributed by atoms with Crippen molar-refractivity contribution in [2.45, 2.75) is 6.92 Å². The Balaban J connectivity index is 2.98. The first-order valence-electron chi connectivity index (χ1n) is 4.08. The summed E-state index contributed by atoms with van der Waals surface area (Å²) in [5.41, 5.74) is 12.6. The number of carbonyl (C=O) groups is 1. The Hall–Kier alpha value is -1.71. The average Bonchev–Trinajstić information content (AvgIpc) is 2.08. The molecule has 0 aromatic heterocycles. The maximum Gasteiger partial charge on any atom is 0.248 e. The molecule has 4 nitrogen and oxygen atoms in total. The Kier molecular flexibility index (Phi) is 2.74. The molecule has 0 heterocycles. The predicted octanol–water partition coefficient (Wildman–Crippen LogP) is 0.799. The third kappa shape index (κ3) is 2.11. The molecule has 0 spiro atoms. The number of carbonyl (C=O) groups excluding carboxylic acids is 1. The zero-order chi connectivity index (χ0) is 9.84. The second kappa shape index (κ2) is 3.80. The van der Waals surface area contributed by atoms with Gasteiger partial charge in [0, 0.05) is 12.1 Å². The Labute approximate surface area is 76.9 Å². The number of anilines is 2. The largest absolute Gasteiger partial charge is 0.397 e. The lowest BCUT2D eigenvalue weighted by Gasteiger charge is -2.07. The van der Waals surface area contributed by atoms with Gasteiger partial charge in [-0.2, -0.15) is 0 Å². The number of primary amides is 1. The molecular formula is C9H13N3O. The summed E-state index contributed by atoms with van der Waals surface area (Å²) < 4.78 is 0. The Morgan fingerprint density at radius 3 is 2.69 bits per heavy atom. The van der Waals surface area contributed by atoms with Crippen LogP contribution in [-0.2, 0) is 0 Å². The number of nitrogen functional groups attached to an aromatic ring is 1. The number of nitrogens with one attached hydrogen (secondary N) is 1. The maximum absolute atomic E-state index is 10.8. The quantitative estimate of drug-likeness (QED) is 0.600. The van der Waals surface area contributed by atoms with Crippen molar-refractivity contribution >= 4 is 17.3 Å². The van der Waals surface area contributed by atoms with Crippen molar-refractivity contribution in [3.63, 3.8) is 0 Å². The van der Waals surface area contributed by atoms with Crippen LogP contribution in [0.5, 0.6) is 0 Å². The summed E-state index contributed by atoms with van der Waals surface area (Å²) >= 11 is 0. The summed E-state index contributed by atoms with van der Waals surface area (Å²) in [7, 11) is 0. The van der Waals surface area contributed by atoms with Crippen molar-refractivity contribution in [2.75, 3.05) is 17.6 Å². The molecule has 1 aromatic rings. The molecule has 0 aliphatic carbocycles. The van der Waals surface area contributed by atoms with E-state index >= 15 is 0 Å². The van der Waals surface area contributed by atoms with E-state index in [0.717, 1.165) is 12.2 Å². The third-order valence-electron chi connectivity index (χ3n) is 1.70. The minimum absolute atomic E-state index is 0.430. The van der Waals surface area contributed by atoms with Gasteiger partial charge >= 0.3 is 0 Å². The number of hydrogen-bond donors (Lipinski definition) is 3. The van der Waals surface area contributed by atoms with Crippen molar-refractivity contribution in [2.24, 2.45) is 5.73 Å². The number of benzene rings is 1. The van der Waals surface area contributed by atoms with Crippen LogP contribution in [0.15, 0.2) is 18.2 Å². The molecule has 0 saturated heterocycles. The molecule has 0 bridgehead atoms. The lowest BCUT2D eigenvalue weighted by Crippen LogP contribution is -2.11. The summed E-state index contributed by atoms with van der Waals surface area (Å²) in [4.78, 5) is 10.8. The van der Waals surface area contributed by atoms with E-state index in [1.807, 2.05) is 6.92 Å². The summed E-state index contributed by atoms with van der Waals surface area (Å²) in [6.07, 6.45) is 0. The fourth-order valence-electron chi connectivity index (χ4n) is 1.07. The van der Waals surface area contributed by atoms with Crippen LogP contribution < -0.4 is 16.8 Å². The molecule has 0 fully saturated rings. The van der Waals surface area contributed by atoms with E-state index in [2.05, 4.69) is 5.32 Å². The minimum Gasteiger partial charge on any atom is -0.397 e. The zero-order valence-electron chi connectivity index (χ0n) is 7.50. The van der Waals surface area contributed by atoms with Gasteiger partial charge in [-0.3, -0.25) is 4.79 Å². The molecule has 1 amide bonds. The molecule has 1 aromatic carbocycles. The van der Waals surface area contributed by atoms with Crippen LogP contribution in [0.4, 0.5) is 11.4 Å². The second-order valence-corrected chi connectivity index (χ2v) is 2.70. The van der Waals surface area contributed by atoms with E-state index < -0.39 is 5.91 Å². The SMILES string of the molecule is CCNc1ccc(C(N)=O)cc1N. The van der Waals surface area contributed by atoms with Crippen LogP contribution in [0.2, 0.25) is 0 Å². The monoisotopic (exact) mass is 179 g/mol. The highest BCUT2D eigenvalue weighted by Crippen LogP contribution is 2.19. The van der Waals surface area contributed by atoms with E-state index in [0.29, 0.717) is 11.3 Å². The fraction of sp³-hybridized carbons (Fsp3) is 0.222. The molecule has 4 heteroatoms. The van der Waals surface area contributed by atoms with Crippen molar-refractivity contribution in [3.05, 3.63) is 23.8 Å². The molecule has 5 N–H and O–H groups in total. The lowest BCUT2D eigenvalue weighted by atomic mass is 10.1. The molecule has 0 atom stereocenters. The van der Waals surface area contributed by atoms with Crippen molar-refractivity contribution in [3.8, 4) is 0 Å². The van der Waals surface area contributed by atoms with Gasteiger partial charge in [-0.05, 0) is 25.1 Å². The fourth-order valence-corrected chi connectivity index (χ4v) is 1.07. The first kappa shape index (κ1) is 9.38. The van der Waals surface area contributed by atoms with Crippen molar-refractivity contribution in [1.82, 2.24) is 0 Å². The second-order valence-electron chi connectivity index (χ2n) is 2.70. The summed E-state index contributed by atoms with van der Waals surface area (Å²) in [6.45, 7) is 2.77. The zero-order valence-corrected chi connectivity index (χ0v) is 7.50. The lowest BCUT2D eigenvalue weighted by molar-refractivity contribution is 0.100. The van der Waals surface area contributed by atoms with Crippen LogP contribution in [-0.4, -0.2) is 12.5 Å². The van der Waals surface area contributed by atoms with Gasteiger partial charge in [0.1, 0.15) is 0 Å². The Morgan fingerprint density at radius 2 is 2.23 bits per heavy atom. The van der Waals surface area contributed by atoms with Crippen LogP contribution >= 0.6 is 0 Å². The van der Waals surface area contributed by atoms with Gasteiger partial charge in [0.2, 0.25) is 5.91 Å². The Morgan fingerprint density at radius 1 is 1.54 bits per heavy atom. The molecule has 0 aliphatic heterocycles. The summed E-state index contributed by atoms with van der Waals surface area (Å²) in [5, 5.41) is 3.06. The number of amides is 1. The smallest absolute Gasteiger partial charge is 0.248 e. The molecular weight excluding hydrogens is 166 g/mol. The van der Waals surface area contributed by atoms with Gasteiger partial charge in [0.05, 0.1) is 11.4 Å². The average molecular weight is 179 g/mol. The highest BCUT2D eigenvalue weighted by molar-refractivity contribution is 5.94. The highest BCUT2D eigenvalue weighted by atomic mass is 16.1. The number of nitrogens with two attached hydrogens (primary N) is 2. The minimum atomic E-state index is -0.463. The van der Waals surface area contributed by atoms with Gasteiger partial charge in [-0.15, -0.1) is 0 Å². The van der Waals surface area contributed by atoms with Gasteiger partial charge in [0.15, 0.2) is 0 Å². The van der Waals surface area contributed by atoms with Gasteiger partial charge in [-0.1, -0.05) is 0 Å². The van der Waals surface area contributed by atoms with Crippen LogP contribution in [0.1, 0.15) is 17.3 Å². The molecule has 70 valence electrons. The molecule has 0 aliphatic rings. The topological polar surface area (TPSA) is 81.1 Å². The van der Waals surface area contributed by atoms with E-state index in [1.165, 1.54) is 0 Å². The van der Waals surface area contributed by atoms with Crippen LogP contribution in [0, 0.1) is 0 Å². The maximum atomic E-state index is 10.8. The van der Waals surface area contributed by atoms with E-state index in [1.54, 1.807) is 18.2 Å². The third-order valence-corrected chi connectivity index (χ3v) is 1.70.